The van der Waals surface area contributed by atoms with Crippen molar-refractivity contribution in [3.05, 3.63) is 97.4 Å². The van der Waals surface area contributed by atoms with Gasteiger partial charge in [-0.3, -0.25) is 9.59 Å². The number of rotatable bonds is 9. The number of halogens is 3. The highest BCUT2D eigenvalue weighted by Gasteiger charge is 2.25. The lowest BCUT2D eigenvalue weighted by Crippen LogP contribution is -2.48. The molecule has 3 aromatic rings. The van der Waals surface area contributed by atoms with Crippen molar-refractivity contribution in [2.75, 3.05) is 0 Å². The van der Waals surface area contributed by atoms with Crippen molar-refractivity contribution in [1.82, 2.24) is 10.7 Å². The monoisotopic (exact) mass is 589 g/mol. The second-order valence-corrected chi connectivity index (χ2v) is 10.2. The summed E-state index contributed by atoms with van der Waals surface area (Å²) >= 11 is 15.5. The van der Waals surface area contributed by atoms with E-state index in [-0.39, 0.29) is 16.5 Å². The van der Waals surface area contributed by atoms with Crippen LogP contribution >= 0.6 is 39.1 Å². The van der Waals surface area contributed by atoms with E-state index in [1.807, 2.05) is 63.2 Å². The summed E-state index contributed by atoms with van der Waals surface area (Å²) in [6.07, 6.45) is 1.52. The zero-order chi connectivity index (χ0) is 26.2. The summed E-state index contributed by atoms with van der Waals surface area (Å²) in [7, 11) is 0. The van der Waals surface area contributed by atoms with Crippen LogP contribution < -0.4 is 15.5 Å². The van der Waals surface area contributed by atoms with Crippen LogP contribution in [-0.4, -0.2) is 24.1 Å². The van der Waals surface area contributed by atoms with Gasteiger partial charge in [-0.2, -0.15) is 5.10 Å². The van der Waals surface area contributed by atoms with Crippen molar-refractivity contribution < 1.29 is 14.3 Å². The predicted molar refractivity (Wildman–Crippen MR) is 148 cm³/mol. The van der Waals surface area contributed by atoms with Crippen molar-refractivity contribution in [2.45, 2.75) is 33.4 Å². The summed E-state index contributed by atoms with van der Waals surface area (Å²) in [6.45, 7) is 6.14. The number of nitrogens with zero attached hydrogens (tertiary/aromatic N) is 1. The standard InChI is InChI=1S/C27H26BrCl2N3O3/c1-16(2)25(32-26(34)21-10-9-20(29)13-23(21)30)27(35)33-31-14-19-8-11-24(22(28)12-19)36-15-18-6-4-17(3)5-7-18/h4-14,16,25H,15H2,1-3H3,(H,32,34)(H,33,35)/b31-14+. The van der Waals surface area contributed by atoms with Gasteiger partial charge in [-0.15, -0.1) is 0 Å². The fraction of sp³-hybridized carbons (Fsp3) is 0.222. The smallest absolute Gasteiger partial charge is 0.262 e. The van der Waals surface area contributed by atoms with E-state index in [0.29, 0.717) is 17.4 Å². The number of nitrogens with one attached hydrogen (secondary N) is 2. The van der Waals surface area contributed by atoms with Crippen molar-refractivity contribution in [3.8, 4) is 5.75 Å². The van der Waals surface area contributed by atoms with E-state index in [2.05, 4.69) is 31.8 Å². The number of benzene rings is 3. The Morgan fingerprint density at radius 1 is 1.06 bits per heavy atom. The van der Waals surface area contributed by atoms with Crippen LogP contribution in [0.5, 0.6) is 5.75 Å². The molecule has 1 atom stereocenters. The fourth-order valence-corrected chi connectivity index (χ4v) is 4.23. The predicted octanol–water partition coefficient (Wildman–Crippen LogP) is 6.55. The molecule has 2 amide bonds. The maximum absolute atomic E-state index is 12.7. The first-order valence-electron chi connectivity index (χ1n) is 11.2. The third-order valence-electron chi connectivity index (χ3n) is 5.27. The molecule has 0 aromatic heterocycles. The van der Waals surface area contributed by atoms with Crippen LogP contribution in [-0.2, 0) is 11.4 Å². The highest BCUT2D eigenvalue weighted by atomic mass is 79.9. The SMILES string of the molecule is Cc1ccc(COc2ccc(/C=N/NC(=O)C(NC(=O)c3ccc(Cl)cc3Cl)C(C)C)cc2Br)cc1. The Bertz CT molecular complexity index is 1260. The minimum absolute atomic E-state index is 0.186. The summed E-state index contributed by atoms with van der Waals surface area (Å²) in [5.41, 5.74) is 5.75. The normalized spacial score (nSPS) is 12.0. The number of carbonyl (C=O) groups is 2. The van der Waals surface area contributed by atoms with E-state index in [9.17, 15) is 9.59 Å². The quantitative estimate of drug-likeness (QED) is 0.219. The van der Waals surface area contributed by atoms with Crippen LogP contribution in [0.4, 0.5) is 0 Å². The molecule has 188 valence electrons. The average molecular weight is 591 g/mol. The molecule has 3 rings (SSSR count). The molecule has 0 spiro atoms. The minimum atomic E-state index is -0.814. The van der Waals surface area contributed by atoms with Crippen molar-refractivity contribution >= 4 is 57.2 Å². The Hall–Kier alpha value is -2.87. The van der Waals surface area contributed by atoms with Gasteiger partial charge in [0, 0.05) is 5.02 Å². The fourth-order valence-electron chi connectivity index (χ4n) is 3.23. The number of aryl methyl sites for hydroxylation is 1. The van der Waals surface area contributed by atoms with Crippen molar-refractivity contribution in [2.24, 2.45) is 11.0 Å². The number of carbonyl (C=O) groups excluding carboxylic acids is 2. The van der Waals surface area contributed by atoms with Crippen LogP contribution in [0.2, 0.25) is 10.0 Å². The molecule has 0 heterocycles. The van der Waals surface area contributed by atoms with Gasteiger partial charge in [0.2, 0.25) is 0 Å². The Labute approximate surface area is 229 Å². The number of hydrogen-bond acceptors (Lipinski definition) is 4. The molecule has 0 radical (unpaired) electrons. The molecule has 0 aliphatic carbocycles. The lowest BCUT2D eigenvalue weighted by atomic mass is 10.0. The van der Waals surface area contributed by atoms with E-state index in [1.54, 1.807) is 6.07 Å². The van der Waals surface area contributed by atoms with Gasteiger partial charge >= 0.3 is 0 Å². The molecule has 9 heteroatoms. The molecule has 0 aliphatic heterocycles. The molecular formula is C27H26BrCl2N3O3. The van der Waals surface area contributed by atoms with Crippen LogP contribution in [0.25, 0.3) is 0 Å². The van der Waals surface area contributed by atoms with Crippen LogP contribution in [0.15, 0.2) is 70.2 Å². The Balaban J connectivity index is 1.58. The minimum Gasteiger partial charge on any atom is -0.488 e. The van der Waals surface area contributed by atoms with Gasteiger partial charge in [0.25, 0.3) is 11.8 Å². The summed E-state index contributed by atoms with van der Waals surface area (Å²) in [5, 5.41) is 7.38. The molecule has 3 aromatic carbocycles. The molecule has 0 fully saturated rings. The molecular weight excluding hydrogens is 565 g/mol. The number of ether oxygens (including phenoxy) is 1. The van der Waals surface area contributed by atoms with Crippen LogP contribution in [0, 0.1) is 12.8 Å². The third-order valence-corrected chi connectivity index (χ3v) is 6.44. The number of amides is 2. The first-order valence-corrected chi connectivity index (χ1v) is 12.8. The second kappa shape index (κ2) is 12.9. The van der Waals surface area contributed by atoms with E-state index in [0.717, 1.165) is 15.6 Å². The van der Waals surface area contributed by atoms with Gasteiger partial charge in [-0.05, 0) is 76.3 Å². The third kappa shape index (κ3) is 7.82. The van der Waals surface area contributed by atoms with Gasteiger partial charge in [0.05, 0.1) is 21.3 Å². The summed E-state index contributed by atoms with van der Waals surface area (Å²) in [5.74, 6) is -0.411. The molecule has 0 bridgehead atoms. The maximum Gasteiger partial charge on any atom is 0.262 e. The van der Waals surface area contributed by atoms with E-state index in [1.165, 1.54) is 23.9 Å². The van der Waals surface area contributed by atoms with E-state index in [4.69, 9.17) is 27.9 Å². The van der Waals surface area contributed by atoms with Crippen LogP contribution in [0.3, 0.4) is 0 Å². The van der Waals surface area contributed by atoms with Crippen LogP contribution in [0.1, 0.15) is 40.9 Å². The van der Waals surface area contributed by atoms with Gasteiger partial charge in [0.15, 0.2) is 0 Å². The number of hydrogen-bond donors (Lipinski definition) is 2. The van der Waals surface area contributed by atoms with Crippen molar-refractivity contribution in [3.63, 3.8) is 0 Å². The summed E-state index contributed by atoms with van der Waals surface area (Å²) < 4.78 is 6.65. The molecule has 1 unspecified atom stereocenters. The highest BCUT2D eigenvalue weighted by Crippen LogP contribution is 2.26. The Morgan fingerprint density at radius 2 is 1.78 bits per heavy atom. The molecule has 0 saturated carbocycles. The lowest BCUT2D eigenvalue weighted by molar-refractivity contribution is -0.123. The molecule has 2 N–H and O–H groups in total. The topological polar surface area (TPSA) is 79.8 Å². The zero-order valence-corrected chi connectivity index (χ0v) is 23.1. The maximum atomic E-state index is 12.7. The molecule has 6 nitrogen and oxygen atoms in total. The van der Waals surface area contributed by atoms with Gasteiger partial charge in [-0.1, -0.05) is 66.9 Å². The average Bonchev–Trinajstić information content (AvgIpc) is 2.82. The summed E-state index contributed by atoms with van der Waals surface area (Å²) in [4.78, 5) is 25.4. The molecule has 0 aliphatic rings. The first-order chi connectivity index (χ1) is 17.1. The lowest BCUT2D eigenvalue weighted by Gasteiger charge is -2.20. The molecule has 36 heavy (non-hydrogen) atoms. The first kappa shape index (κ1) is 27.7. The second-order valence-electron chi connectivity index (χ2n) is 8.52. The van der Waals surface area contributed by atoms with Gasteiger partial charge < -0.3 is 10.1 Å². The van der Waals surface area contributed by atoms with E-state index >= 15 is 0 Å². The highest BCUT2D eigenvalue weighted by molar-refractivity contribution is 9.10. The number of hydrazone groups is 1. The Morgan fingerprint density at radius 3 is 2.42 bits per heavy atom. The zero-order valence-electron chi connectivity index (χ0n) is 20.0. The van der Waals surface area contributed by atoms with Gasteiger partial charge in [0.1, 0.15) is 18.4 Å². The molecule has 0 saturated heterocycles. The largest absolute Gasteiger partial charge is 0.488 e. The van der Waals surface area contributed by atoms with Crippen molar-refractivity contribution in [1.29, 1.82) is 0 Å². The Kier molecular flexibility index (Phi) is 9.93. The summed E-state index contributed by atoms with van der Waals surface area (Å²) in [6, 6.07) is 17.4. The van der Waals surface area contributed by atoms with Gasteiger partial charge in [-0.25, -0.2) is 5.43 Å². The van der Waals surface area contributed by atoms with E-state index < -0.39 is 17.9 Å².